The molecule has 1 heterocycles. The van der Waals surface area contributed by atoms with Crippen LogP contribution in [0.3, 0.4) is 0 Å². The van der Waals surface area contributed by atoms with Gasteiger partial charge in [-0.2, -0.15) is 0 Å². The quantitative estimate of drug-likeness (QED) is 0.540. The Bertz CT molecular complexity index is 124. The Hall–Kier alpha value is 1.38. The normalized spacial score (nSPS) is 36.0. The predicted molar refractivity (Wildman–Crippen MR) is 61.6 cm³/mol. The van der Waals surface area contributed by atoms with Crippen molar-refractivity contribution in [3.05, 3.63) is 0 Å². The predicted octanol–water partition coefficient (Wildman–Crippen LogP) is 2.38. The minimum absolute atomic E-state index is 0.280. The van der Waals surface area contributed by atoms with Crippen LogP contribution in [0.4, 0.5) is 0 Å². The Morgan fingerprint density at radius 2 is 1.45 bits per heavy atom. The summed E-state index contributed by atoms with van der Waals surface area (Å²) in [6, 6.07) is 0. The number of rotatable bonds is 2. The van der Waals surface area contributed by atoms with Crippen LogP contribution in [0.25, 0.3) is 0 Å². The summed E-state index contributed by atoms with van der Waals surface area (Å²) in [7, 11) is 0. The van der Waals surface area contributed by atoms with Gasteiger partial charge < -0.3 is 9.47 Å². The van der Waals surface area contributed by atoms with Crippen LogP contribution in [0.2, 0.25) is 0 Å². The molecule has 0 aromatic heterocycles. The van der Waals surface area contributed by atoms with Crippen molar-refractivity contribution in [3.8, 4) is 0 Å². The van der Waals surface area contributed by atoms with Gasteiger partial charge in [0.15, 0.2) is 5.79 Å². The van der Waals surface area contributed by atoms with Crippen LogP contribution in [0.15, 0.2) is 0 Å². The molecule has 0 aromatic rings. The molecule has 0 spiro atoms. The van der Waals surface area contributed by atoms with Gasteiger partial charge >= 0.3 is 0 Å². The van der Waals surface area contributed by atoms with Gasteiger partial charge in [-0.3, -0.25) is 0 Å². The molecule has 1 rings (SSSR count). The smallest absolute Gasteiger partial charge is 0.163 e. The highest BCUT2D eigenvalue weighted by molar-refractivity contribution is 14.1. The summed E-state index contributed by atoms with van der Waals surface area (Å²) >= 11 is 4.67. The fourth-order valence-corrected chi connectivity index (χ4v) is 2.66. The first-order valence-corrected chi connectivity index (χ1v) is 6.62. The molecule has 2 atom stereocenters. The molecule has 0 saturated carbocycles. The van der Waals surface area contributed by atoms with Crippen molar-refractivity contribution >= 4 is 45.2 Å². The lowest BCUT2D eigenvalue weighted by Gasteiger charge is -2.16. The third-order valence-electron chi connectivity index (χ3n) is 1.59. The van der Waals surface area contributed by atoms with E-state index in [-0.39, 0.29) is 18.0 Å². The van der Waals surface area contributed by atoms with E-state index in [4.69, 9.17) is 9.47 Å². The van der Waals surface area contributed by atoms with Crippen molar-refractivity contribution in [2.45, 2.75) is 31.8 Å². The SMILES string of the molecule is CC1(C)O[C@H](CI)[C@@H](CI)O1. The molecule has 0 bridgehead atoms. The average molecular weight is 382 g/mol. The van der Waals surface area contributed by atoms with Gasteiger partial charge in [0.25, 0.3) is 0 Å². The minimum atomic E-state index is -0.369. The minimum Gasteiger partial charge on any atom is -0.344 e. The summed E-state index contributed by atoms with van der Waals surface area (Å²) in [4.78, 5) is 0. The van der Waals surface area contributed by atoms with Crippen LogP contribution in [0, 0.1) is 0 Å². The summed E-state index contributed by atoms with van der Waals surface area (Å²) < 4.78 is 13.4. The van der Waals surface area contributed by atoms with E-state index >= 15 is 0 Å². The van der Waals surface area contributed by atoms with Crippen LogP contribution >= 0.6 is 45.2 Å². The van der Waals surface area contributed by atoms with Gasteiger partial charge in [-0.1, -0.05) is 45.2 Å². The van der Waals surface area contributed by atoms with E-state index in [1.54, 1.807) is 0 Å². The maximum absolute atomic E-state index is 5.67. The molecule has 0 radical (unpaired) electrons. The highest BCUT2D eigenvalue weighted by Crippen LogP contribution is 2.29. The van der Waals surface area contributed by atoms with Crippen molar-refractivity contribution < 1.29 is 9.47 Å². The van der Waals surface area contributed by atoms with Gasteiger partial charge in [-0.05, 0) is 13.8 Å². The molecule has 0 amide bonds. The number of halogens is 2. The second-order valence-electron chi connectivity index (χ2n) is 3.02. The van der Waals surface area contributed by atoms with E-state index in [9.17, 15) is 0 Å². The highest BCUT2D eigenvalue weighted by Gasteiger charge is 2.39. The van der Waals surface area contributed by atoms with E-state index in [1.807, 2.05) is 13.8 Å². The van der Waals surface area contributed by atoms with Gasteiger partial charge in [0.05, 0.1) is 12.2 Å². The van der Waals surface area contributed by atoms with Crippen molar-refractivity contribution in [1.29, 1.82) is 0 Å². The zero-order valence-electron chi connectivity index (χ0n) is 6.64. The second-order valence-corrected chi connectivity index (χ2v) is 4.78. The molecule has 66 valence electrons. The van der Waals surface area contributed by atoms with Crippen LogP contribution < -0.4 is 0 Å². The number of ether oxygens (including phenoxy) is 2. The van der Waals surface area contributed by atoms with Gasteiger partial charge in [0.2, 0.25) is 0 Å². The van der Waals surface area contributed by atoms with Crippen LogP contribution in [0.5, 0.6) is 0 Å². The summed E-state index contributed by atoms with van der Waals surface area (Å²) in [5.41, 5.74) is 0. The van der Waals surface area contributed by atoms with Crippen LogP contribution in [-0.4, -0.2) is 26.9 Å². The molecule has 1 aliphatic rings. The topological polar surface area (TPSA) is 18.5 Å². The molecular formula is C7H12I2O2. The second kappa shape index (κ2) is 4.06. The molecule has 1 saturated heterocycles. The number of hydrogen-bond donors (Lipinski definition) is 0. The molecule has 1 aliphatic heterocycles. The van der Waals surface area contributed by atoms with E-state index in [0.717, 1.165) is 8.86 Å². The third-order valence-corrected chi connectivity index (χ3v) is 3.33. The highest BCUT2D eigenvalue weighted by atomic mass is 127. The first kappa shape index (κ1) is 10.5. The maximum atomic E-state index is 5.67. The Labute approximate surface area is 94.7 Å². The molecular weight excluding hydrogens is 370 g/mol. The Kier molecular flexibility index (Phi) is 3.86. The molecule has 11 heavy (non-hydrogen) atoms. The molecule has 0 aliphatic carbocycles. The summed E-state index contributed by atoms with van der Waals surface area (Å²) in [6.45, 7) is 3.94. The lowest BCUT2D eigenvalue weighted by Crippen LogP contribution is -2.24. The van der Waals surface area contributed by atoms with Gasteiger partial charge in [-0.15, -0.1) is 0 Å². The molecule has 2 nitrogen and oxygen atoms in total. The molecule has 1 fully saturated rings. The van der Waals surface area contributed by atoms with E-state index in [2.05, 4.69) is 45.2 Å². The average Bonchev–Trinajstić information content (AvgIpc) is 2.25. The number of alkyl halides is 2. The molecule has 0 N–H and O–H groups in total. The van der Waals surface area contributed by atoms with E-state index < -0.39 is 0 Å². The van der Waals surface area contributed by atoms with Crippen molar-refractivity contribution in [2.75, 3.05) is 8.86 Å². The fraction of sp³-hybridized carbons (Fsp3) is 1.00. The summed E-state index contributed by atoms with van der Waals surface area (Å²) in [6.07, 6.45) is 0.560. The van der Waals surface area contributed by atoms with Crippen molar-refractivity contribution in [3.63, 3.8) is 0 Å². The van der Waals surface area contributed by atoms with E-state index in [0.29, 0.717) is 0 Å². The Balaban J connectivity index is 2.55. The van der Waals surface area contributed by atoms with Crippen LogP contribution in [0.1, 0.15) is 13.8 Å². The van der Waals surface area contributed by atoms with Crippen LogP contribution in [-0.2, 0) is 9.47 Å². The van der Waals surface area contributed by atoms with Gasteiger partial charge in [-0.25, -0.2) is 0 Å². The Morgan fingerprint density at radius 1 is 1.09 bits per heavy atom. The van der Waals surface area contributed by atoms with Crippen molar-refractivity contribution in [2.24, 2.45) is 0 Å². The lowest BCUT2D eigenvalue weighted by molar-refractivity contribution is -0.142. The van der Waals surface area contributed by atoms with Crippen molar-refractivity contribution in [1.82, 2.24) is 0 Å². The largest absolute Gasteiger partial charge is 0.344 e. The Morgan fingerprint density at radius 3 is 1.73 bits per heavy atom. The molecule has 4 heteroatoms. The summed E-state index contributed by atoms with van der Waals surface area (Å²) in [5.74, 6) is -0.369. The first-order chi connectivity index (χ1) is 5.09. The third kappa shape index (κ3) is 2.67. The zero-order valence-corrected chi connectivity index (χ0v) is 11.0. The maximum Gasteiger partial charge on any atom is 0.163 e. The molecule has 0 unspecified atom stereocenters. The molecule has 0 aromatic carbocycles. The zero-order chi connectivity index (χ0) is 8.48. The lowest BCUT2D eigenvalue weighted by atomic mass is 10.3. The van der Waals surface area contributed by atoms with Gasteiger partial charge in [0, 0.05) is 8.86 Å². The first-order valence-electron chi connectivity index (χ1n) is 3.56. The standard InChI is InChI=1S/C7H12I2O2/c1-7(2)10-5(3-8)6(4-9)11-7/h5-6H,3-4H2,1-2H3/t5-,6-/m1/s1. The monoisotopic (exact) mass is 382 g/mol. The summed E-state index contributed by atoms with van der Waals surface area (Å²) in [5, 5.41) is 0. The van der Waals surface area contributed by atoms with Gasteiger partial charge in [0.1, 0.15) is 0 Å². The number of hydrogen-bond acceptors (Lipinski definition) is 2. The van der Waals surface area contributed by atoms with E-state index in [1.165, 1.54) is 0 Å². The fourth-order valence-electron chi connectivity index (χ4n) is 1.17.